The van der Waals surface area contributed by atoms with Crippen molar-refractivity contribution >= 4 is 5.69 Å². The maximum absolute atomic E-state index is 6.01. The second-order valence-electron chi connectivity index (χ2n) is 6.49. The van der Waals surface area contributed by atoms with Crippen molar-refractivity contribution in [3.05, 3.63) is 29.3 Å². The fourth-order valence-corrected chi connectivity index (χ4v) is 3.27. The second-order valence-corrected chi connectivity index (χ2v) is 6.49. The zero-order valence-corrected chi connectivity index (χ0v) is 12.8. The number of rotatable bonds is 3. The molecule has 0 saturated carbocycles. The number of nitrogens with two attached hydrogens (primary N) is 1. The predicted molar refractivity (Wildman–Crippen MR) is 83.7 cm³/mol. The maximum atomic E-state index is 6.01. The van der Waals surface area contributed by atoms with Gasteiger partial charge in [0.2, 0.25) is 0 Å². The third kappa shape index (κ3) is 3.50. The molecule has 2 N–H and O–H groups in total. The molecule has 0 amide bonds. The molecular weight excluding hydrogens is 232 g/mol. The summed E-state index contributed by atoms with van der Waals surface area (Å²) in [5.41, 5.74) is 10.2. The van der Waals surface area contributed by atoms with E-state index in [1.54, 1.807) is 0 Å². The number of anilines is 1. The molecule has 106 valence electrons. The molecule has 1 aliphatic rings. The van der Waals surface area contributed by atoms with Crippen LogP contribution in [0.1, 0.15) is 44.7 Å². The van der Waals surface area contributed by atoms with Crippen LogP contribution in [-0.2, 0) is 6.42 Å². The summed E-state index contributed by atoms with van der Waals surface area (Å²) in [4.78, 5) is 2.58. The first-order chi connectivity index (χ1) is 8.97. The van der Waals surface area contributed by atoms with E-state index in [0.717, 1.165) is 12.3 Å². The molecule has 0 radical (unpaired) electrons. The van der Waals surface area contributed by atoms with Gasteiger partial charge in [0.1, 0.15) is 0 Å². The second kappa shape index (κ2) is 5.96. The summed E-state index contributed by atoms with van der Waals surface area (Å²) in [6, 6.07) is 7.69. The van der Waals surface area contributed by atoms with Crippen molar-refractivity contribution in [2.45, 2.75) is 59.0 Å². The van der Waals surface area contributed by atoms with Gasteiger partial charge in [-0.2, -0.15) is 0 Å². The first-order valence-corrected chi connectivity index (χ1v) is 7.59. The number of nitrogens with zero attached hydrogens (tertiary/aromatic N) is 1. The van der Waals surface area contributed by atoms with Gasteiger partial charge in [-0.25, -0.2) is 0 Å². The summed E-state index contributed by atoms with van der Waals surface area (Å²) in [6.07, 6.45) is 3.57. The Labute approximate surface area is 118 Å². The summed E-state index contributed by atoms with van der Waals surface area (Å²) in [5, 5.41) is 0. The highest BCUT2D eigenvalue weighted by Gasteiger charge is 2.24. The first-order valence-electron chi connectivity index (χ1n) is 7.59. The van der Waals surface area contributed by atoms with Crippen LogP contribution in [0.25, 0.3) is 0 Å². The van der Waals surface area contributed by atoms with Gasteiger partial charge in [-0.1, -0.05) is 24.6 Å². The van der Waals surface area contributed by atoms with E-state index in [1.165, 1.54) is 36.2 Å². The van der Waals surface area contributed by atoms with E-state index in [-0.39, 0.29) is 6.04 Å². The van der Waals surface area contributed by atoms with Crippen LogP contribution < -0.4 is 10.6 Å². The van der Waals surface area contributed by atoms with Gasteiger partial charge in [0.05, 0.1) is 0 Å². The minimum absolute atomic E-state index is 0.222. The van der Waals surface area contributed by atoms with Crippen molar-refractivity contribution in [2.24, 2.45) is 11.7 Å². The van der Waals surface area contributed by atoms with E-state index >= 15 is 0 Å². The number of piperidine rings is 1. The van der Waals surface area contributed by atoms with Crippen molar-refractivity contribution in [3.63, 3.8) is 0 Å². The Morgan fingerprint density at radius 3 is 2.74 bits per heavy atom. The fraction of sp³-hybridized carbons (Fsp3) is 0.647. The lowest BCUT2D eigenvalue weighted by Crippen LogP contribution is -2.41. The van der Waals surface area contributed by atoms with Gasteiger partial charge in [-0.15, -0.1) is 0 Å². The first kappa shape index (κ1) is 14.4. The Morgan fingerprint density at radius 2 is 2.11 bits per heavy atom. The molecule has 2 heteroatoms. The normalized spacial score (nSPS) is 25.4. The van der Waals surface area contributed by atoms with E-state index in [2.05, 4.69) is 50.8 Å². The quantitative estimate of drug-likeness (QED) is 0.901. The number of hydrogen-bond acceptors (Lipinski definition) is 2. The Hall–Kier alpha value is -1.02. The lowest BCUT2D eigenvalue weighted by Gasteiger charge is -2.39. The Kier molecular flexibility index (Phi) is 4.51. The van der Waals surface area contributed by atoms with E-state index in [4.69, 9.17) is 5.73 Å². The van der Waals surface area contributed by atoms with Crippen LogP contribution in [0.5, 0.6) is 0 Å². The van der Waals surface area contributed by atoms with Crippen molar-refractivity contribution in [1.82, 2.24) is 0 Å². The van der Waals surface area contributed by atoms with Gasteiger partial charge in [0.25, 0.3) is 0 Å². The summed E-state index contributed by atoms with van der Waals surface area (Å²) in [6.45, 7) is 10.2. The molecule has 1 aromatic carbocycles. The fourth-order valence-electron chi connectivity index (χ4n) is 3.27. The van der Waals surface area contributed by atoms with Gasteiger partial charge < -0.3 is 10.6 Å². The molecule has 1 saturated heterocycles. The van der Waals surface area contributed by atoms with Crippen LogP contribution in [0.4, 0.5) is 5.69 Å². The molecule has 19 heavy (non-hydrogen) atoms. The van der Waals surface area contributed by atoms with Crippen molar-refractivity contribution in [1.29, 1.82) is 0 Å². The molecule has 0 bridgehead atoms. The number of hydrogen-bond donors (Lipinski definition) is 1. The van der Waals surface area contributed by atoms with Crippen LogP contribution in [0.3, 0.4) is 0 Å². The molecule has 1 fully saturated rings. The Bertz CT molecular complexity index is 425. The monoisotopic (exact) mass is 260 g/mol. The highest BCUT2D eigenvalue weighted by molar-refractivity contribution is 5.56. The minimum atomic E-state index is 0.222. The van der Waals surface area contributed by atoms with Crippen molar-refractivity contribution in [2.75, 3.05) is 11.4 Å². The molecule has 2 nitrogen and oxygen atoms in total. The molecule has 3 atom stereocenters. The lowest BCUT2D eigenvalue weighted by atomic mass is 9.91. The molecule has 1 aliphatic heterocycles. The topological polar surface area (TPSA) is 29.3 Å². The van der Waals surface area contributed by atoms with E-state index in [9.17, 15) is 0 Å². The van der Waals surface area contributed by atoms with Gasteiger partial charge in [-0.3, -0.25) is 0 Å². The van der Waals surface area contributed by atoms with Crippen molar-refractivity contribution in [3.8, 4) is 0 Å². The Balaban J connectivity index is 2.27. The molecule has 1 heterocycles. The third-order valence-corrected chi connectivity index (χ3v) is 4.22. The maximum Gasteiger partial charge on any atom is 0.0401 e. The summed E-state index contributed by atoms with van der Waals surface area (Å²) < 4.78 is 0. The number of aryl methyl sites for hydroxylation is 1. The van der Waals surface area contributed by atoms with Crippen LogP contribution in [-0.4, -0.2) is 18.6 Å². The summed E-state index contributed by atoms with van der Waals surface area (Å²) in [5.74, 6) is 0.855. The summed E-state index contributed by atoms with van der Waals surface area (Å²) >= 11 is 0. The van der Waals surface area contributed by atoms with Crippen LogP contribution in [0, 0.1) is 12.8 Å². The zero-order chi connectivity index (χ0) is 14.0. The van der Waals surface area contributed by atoms with Gasteiger partial charge in [0, 0.05) is 24.3 Å². The van der Waals surface area contributed by atoms with Crippen LogP contribution in [0.2, 0.25) is 0 Å². The van der Waals surface area contributed by atoms with Gasteiger partial charge in [-0.05, 0) is 57.6 Å². The standard InChI is InChI=1S/C17H28N2/c1-12-5-6-17(16(10-12)11-14(3)18)19-8-7-13(2)9-15(19)4/h5-6,10,13-15H,7-9,11,18H2,1-4H3. The SMILES string of the molecule is Cc1ccc(N2CCC(C)CC2C)c(CC(C)N)c1. The Morgan fingerprint density at radius 1 is 1.37 bits per heavy atom. The van der Waals surface area contributed by atoms with E-state index < -0.39 is 0 Å². The van der Waals surface area contributed by atoms with Crippen LogP contribution in [0.15, 0.2) is 18.2 Å². The molecule has 2 rings (SSSR count). The molecule has 0 aliphatic carbocycles. The van der Waals surface area contributed by atoms with Gasteiger partial charge >= 0.3 is 0 Å². The average Bonchev–Trinajstić information content (AvgIpc) is 2.30. The van der Waals surface area contributed by atoms with E-state index in [0.29, 0.717) is 6.04 Å². The largest absolute Gasteiger partial charge is 0.369 e. The molecule has 1 aromatic rings. The third-order valence-electron chi connectivity index (χ3n) is 4.22. The van der Waals surface area contributed by atoms with Gasteiger partial charge in [0.15, 0.2) is 0 Å². The average molecular weight is 260 g/mol. The summed E-state index contributed by atoms with van der Waals surface area (Å²) in [7, 11) is 0. The smallest absolute Gasteiger partial charge is 0.0401 e. The van der Waals surface area contributed by atoms with E-state index in [1.807, 2.05) is 0 Å². The zero-order valence-electron chi connectivity index (χ0n) is 12.8. The molecule has 0 spiro atoms. The molecular formula is C17H28N2. The highest BCUT2D eigenvalue weighted by atomic mass is 15.2. The molecule has 3 unspecified atom stereocenters. The predicted octanol–water partition coefficient (Wildman–Crippen LogP) is 3.51. The van der Waals surface area contributed by atoms with Crippen LogP contribution >= 0.6 is 0 Å². The number of benzene rings is 1. The minimum Gasteiger partial charge on any atom is -0.369 e. The highest BCUT2D eigenvalue weighted by Crippen LogP contribution is 2.31. The molecule has 0 aromatic heterocycles. The van der Waals surface area contributed by atoms with Crippen molar-refractivity contribution < 1.29 is 0 Å². The lowest BCUT2D eigenvalue weighted by molar-refractivity contribution is 0.377.